The molecule has 2 aromatic rings. The first-order chi connectivity index (χ1) is 9.10. The van der Waals surface area contributed by atoms with Crippen LogP contribution in [0.5, 0.6) is 0 Å². The molecule has 0 spiro atoms. The van der Waals surface area contributed by atoms with E-state index in [2.05, 4.69) is 11.2 Å². The molecule has 2 aromatic carbocycles. The number of nitrogens with two attached hydrogens (primary N) is 1. The lowest BCUT2D eigenvalue weighted by Gasteiger charge is -2.08. The van der Waals surface area contributed by atoms with Gasteiger partial charge in [-0.05, 0) is 42.5 Å². The molecule has 3 nitrogen and oxygen atoms in total. The van der Waals surface area contributed by atoms with E-state index in [0.29, 0.717) is 22.0 Å². The molecule has 0 fully saturated rings. The van der Waals surface area contributed by atoms with Gasteiger partial charge in [0.2, 0.25) is 0 Å². The van der Waals surface area contributed by atoms with E-state index in [4.69, 9.17) is 23.8 Å². The highest BCUT2D eigenvalue weighted by Crippen LogP contribution is 2.19. The van der Waals surface area contributed by atoms with E-state index in [1.165, 1.54) is 6.07 Å². The SMILES string of the molecule is C#Cc1ccc(NC(=O)c2cc(Cl)ccc2N)cc1. The Hall–Kier alpha value is -2.44. The van der Waals surface area contributed by atoms with Gasteiger partial charge in [0.25, 0.3) is 5.91 Å². The zero-order valence-electron chi connectivity index (χ0n) is 9.98. The molecule has 0 aromatic heterocycles. The first-order valence-electron chi connectivity index (χ1n) is 5.53. The number of halogens is 1. The van der Waals surface area contributed by atoms with Crippen LogP contribution in [0.4, 0.5) is 11.4 Å². The van der Waals surface area contributed by atoms with Crippen LogP contribution >= 0.6 is 11.6 Å². The standard InChI is InChI=1S/C15H11ClN2O/c1-2-10-3-6-12(7-4-10)18-15(19)13-9-11(16)5-8-14(13)17/h1,3-9H,17H2,(H,18,19). The number of amides is 1. The van der Waals surface area contributed by atoms with E-state index in [1.807, 2.05) is 0 Å². The number of rotatable bonds is 2. The molecule has 0 saturated heterocycles. The third-order valence-electron chi connectivity index (χ3n) is 2.57. The third kappa shape index (κ3) is 3.06. The van der Waals surface area contributed by atoms with Crippen molar-refractivity contribution in [2.45, 2.75) is 0 Å². The fourth-order valence-electron chi connectivity index (χ4n) is 1.57. The molecule has 4 heteroatoms. The fourth-order valence-corrected chi connectivity index (χ4v) is 1.75. The van der Waals surface area contributed by atoms with Gasteiger partial charge in [-0.1, -0.05) is 17.5 Å². The van der Waals surface area contributed by atoms with Crippen LogP contribution in [-0.2, 0) is 0 Å². The zero-order valence-corrected chi connectivity index (χ0v) is 10.7. The maximum Gasteiger partial charge on any atom is 0.257 e. The Kier molecular flexibility index (Phi) is 3.74. The maximum absolute atomic E-state index is 12.1. The molecule has 0 aliphatic carbocycles. The van der Waals surface area contributed by atoms with Crippen LogP contribution in [0.2, 0.25) is 5.02 Å². The van der Waals surface area contributed by atoms with Crippen molar-refractivity contribution in [3.8, 4) is 12.3 Å². The topological polar surface area (TPSA) is 55.1 Å². The van der Waals surface area contributed by atoms with E-state index in [-0.39, 0.29) is 5.91 Å². The van der Waals surface area contributed by atoms with Crippen molar-refractivity contribution in [1.82, 2.24) is 0 Å². The van der Waals surface area contributed by atoms with Crippen LogP contribution in [0.15, 0.2) is 42.5 Å². The van der Waals surface area contributed by atoms with E-state index in [9.17, 15) is 4.79 Å². The average Bonchev–Trinajstić information content (AvgIpc) is 2.42. The van der Waals surface area contributed by atoms with Gasteiger partial charge in [0.05, 0.1) is 5.56 Å². The maximum atomic E-state index is 12.1. The molecule has 0 saturated carbocycles. The average molecular weight is 271 g/mol. The van der Waals surface area contributed by atoms with Crippen LogP contribution in [0, 0.1) is 12.3 Å². The molecular formula is C15H11ClN2O. The Balaban J connectivity index is 2.21. The van der Waals surface area contributed by atoms with E-state index < -0.39 is 0 Å². The smallest absolute Gasteiger partial charge is 0.257 e. The van der Waals surface area contributed by atoms with Gasteiger partial charge in [0.1, 0.15) is 0 Å². The molecule has 0 bridgehead atoms. The normalized spacial score (nSPS) is 9.68. The number of hydrogen-bond donors (Lipinski definition) is 2. The molecule has 19 heavy (non-hydrogen) atoms. The zero-order chi connectivity index (χ0) is 13.8. The predicted molar refractivity (Wildman–Crippen MR) is 78.2 cm³/mol. The number of carbonyl (C=O) groups excluding carboxylic acids is 1. The van der Waals surface area contributed by atoms with Gasteiger partial charge in [-0.3, -0.25) is 4.79 Å². The largest absolute Gasteiger partial charge is 0.398 e. The molecule has 0 atom stereocenters. The summed E-state index contributed by atoms with van der Waals surface area (Å²) >= 11 is 5.85. The van der Waals surface area contributed by atoms with E-state index in [0.717, 1.165) is 5.56 Å². The Morgan fingerprint density at radius 1 is 1.21 bits per heavy atom. The number of benzene rings is 2. The van der Waals surface area contributed by atoms with Crippen LogP contribution in [0.1, 0.15) is 15.9 Å². The van der Waals surface area contributed by atoms with E-state index in [1.54, 1.807) is 36.4 Å². The highest BCUT2D eigenvalue weighted by atomic mass is 35.5. The van der Waals surface area contributed by atoms with Crippen molar-refractivity contribution >= 4 is 28.9 Å². The van der Waals surface area contributed by atoms with Crippen molar-refractivity contribution in [2.75, 3.05) is 11.1 Å². The van der Waals surface area contributed by atoms with Gasteiger partial charge in [0.15, 0.2) is 0 Å². The van der Waals surface area contributed by atoms with Gasteiger partial charge in [-0.25, -0.2) is 0 Å². The highest BCUT2D eigenvalue weighted by molar-refractivity contribution is 6.31. The second-order valence-electron chi connectivity index (χ2n) is 3.91. The lowest BCUT2D eigenvalue weighted by Crippen LogP contribution is -2.13. The Morgan fingerprint density at radius 2 is 1.89 bits per heavy atom. The van der Waals surface area contributed by atoms with Gasteiger partial charge < -0.3 is 11.1 Å². The van der Waals surface area contributed by atoms with Crippen LogP contribution < -0.4 is 11.1 Å². The number of terminal acetylenes is 1. The molecule has 0 aliphatic heterocycles. The minimum absolute atomic E-state index is 0.312. The minimum Gasteiger partial charge on any atom is -0.398 e. The Bertz CT molecular complexity index is 657. The van der Waals surface area contributed by atoms with Crippen LogP contribution in [-0.4, -0.2) is 5.91 Å². The monoisotopic (exact) mass is 270 g/mol. The van der Waals surface area contributed by atoms with Crippen LogP contribution in [0.25, 0.3) is 0 Å². The van der Waals surface area contributed by atoms with Gasteiger partial charge in [-0.15, -0.1) is 6.42 Å². The van der Waals surface area contributed by atoms with E-state index >= 15 is 0 Å². The number of anilines is 2. The van der Waals surface area contributed by atoms with Crippen molar-refractivity contribution < 1.29 is 4.79 Å². The molecule has 1 amide bonds. The number of hydrogen-bond acceptors (Lipinski definition) is 2. The lowest BCUT2D eigenvalue weighted by atomic mass is 10.1. The van der Waals surface area contributed by atoms with Crippen molar-refractivity contribution in [3.05, 3.63) is 58.6 Å². The molecule has 0 unspecified atom stereocenters. The quantitative estimate of drug-likeness (QED) is 0.651. The molecular weight excluding hydrogens is 260 g/mol. The number of nitrogens with one attached hydrogen (secondary N) is 1. The molecule has 0 aliphatic rings. The summed E-state index contributed by atoms with van der Waals surface area (Å²) in [4.78, 5) is 12.1. The summed E-state index contributed by atoms with van der Waals surface area (Å²) in [6, 6.07) is 11.7. The lowest BCUT2D eigenvalue weighted by molar-refractivity contribution is 0.102. The molecule has 94 valence electrons. The first-order valence-corrected chi connectivity index (χ1v) is 5.91. The highest BCUT2D eigenvalue weighted by Gasteiger charge is 2.10. The first kappa shape index (κ1) is 13.0. The third-order valence-corrected chi connectivity index (χ3v) is 2.80. The molecule has 0 radical (unpaired) electrons. The summed E-state index contributed by atoms with van der Waals surface area (Å²) in [7, 11) is 0. The second kappa shape index (κ2) is 5.47. The number of carbonyl (C=O) groups is 1. The Labute approximate surface area is 116 Å². The van der Waals surface area contributed by atoms with Gasteiger partial charge >= 0.3 is 0 Å². The number of nitrogen functional groups attached to an aromatic ring is 1. The molecule has 3 N–H and O–H groups in total. The summed E-state index contributed by atoms with van der Waals surface area (Å²) in [5.41, 5.74) is 7.85. The second-order valence-corrected chi connectivity index (χ2v) is 4.34. The van der Waals surface area contributed by atoms with Gasteiger partial charge in [-0.2, -0.15) is 0 Å². The van der Waals surface area contributed by atoms with Crippen molar-refractivity contribution in [1.29, 1.82) is 0 Å². The van der Waals surface area contributed by atoms with Crippen molar-refractivity contribution in [3.63, 3.8) is 0 Å². The predicted octanol–water partition coefficient (Wildman–Crippen LogP) is 3.16. The van der Waals surface area contributed by atoms with Crippen LogP contribution in [0.3, 0.4) is 0 Å². The fraction of sp³-hybridized carbons (Fsp3) is 0. The summed E-state index contributed by atoms with van der Waals surface area (Å²) in [6.07, 6.45) is 5.26. The summed E-state index contributed by atoms with van der Waals surface area (Å²) in [5, 5.41) is 3.19. The van der Waals surface area contributed by atoms with Gasteiger partial charge in [0, 0.05) is 22.0 Å². The minimum atomic E-state index is -0.312. The Morgan fingerprint density at radius 3 is 2.53 bits per heavy atom. The van der Waals surface area contributed by atoms with Crippen molar-refractivity contribution in [2.24, 2.45) is 0 Å². The molecule has 0 heterocycles. The molecule has 2 rings (SSSR count). The summed E-state index contributed by atoms with van der Waals surface area (Å²) in [6.45, 7) is 0. The summed E-state index contributed by atoms with van der Waals surface area (Å²) in [5.74, 6) is 2.19. The summed E-state index contributed by atoms with van der Waals surface area (Å²) < 4.78 is 0.